The van der Waals surface area contributed by atoms with E-state index < -0.39 is 18.3 Å². The minimum atomic E-state index is -0.729. The van der Waals surface area contributed by atoms with Crippen LogP contribution in [-0.4, -0.2) is 243 Å². The van der Waals surface area contributed by atoms with E-state index in [-0.39, 0.29) is 64.1 Å². The van der Waals surface area contributed by atoms with Gasteiger partial charge in [0.15, 0.2) is 0 Å². The number of rotatable bonds is 58. The average Bonchev–Trinajstić information content (AvgIpc) is 0.829. The molecule has 0 bridgehead atoms. The van der Waals surface area contributed by atoms with Gasteiger partial charge in [-0.2, -0.15) is 10.5 Å². The van der Waals surface area contributed by atoms with Gasteiger partial charge in [0.1, 0.15) is 24.1 Å². The van der Waals surface area contributed by atoms with E-state index in [2.05, 4.69) is 127 Å². The molecular weight excluding hydrogens is 1350 g/mol. The molecule has 0 saturated heterocycles. The fourth-order valence-corrected chi connectivity index (χ4v) is 10.7. The average molecular weight is 1460 g/mol. The van der Waals surface area contributed by atoms with Gasteiger partial charge in [-0.1, -0.05) is 121 Å². The fourth-order valence-electron chi connectivity index (χ4n) is 10.7. The van der Waals surface area contributed by atoms with Gasteiger partial charge in [-0.25, -0.2) is 0 Å². The molecule has 0 saturated carbocycles. The Bertz CT molecular complexity index is 3240. The van der Waals surface area contributed by atoms with Gasteiger partial charge < -0.3 is 90.0 Å². The van der Waals surface area contributed by atoms with Crippen molar-refractivity contribution in [3.63, 3.8) is 0 Å². The van der Waals surface area contributed by atoms with Gasteiger partial charge in [0.05, 0.1) is 219 Å². The second kappa shape index (κ2) is 51.8. The third-order valence-electron chi connectivity index (χ3n) is 16.7. The van der Waals surface area contributed by atoms with Crippen molar-refractivity contribution >= 4 is 0 Å². The summed E-state index contributed by atoms with van der Waals surface area (Å²) >= 11 is 0. The standard InChI is InChI=1S/C85H110N2O19/c1-64(54-96-45-41-92-37-33-88-5)100-58-83(59-101-65(2)55-97-46-42-93-38-34-89-6)104-62-85(63-105-84(60-102-66(3)56-98-47-43-94-39-35-90-7)61-103-67(4)57-99-48-44-95-40-36-91-8)106-82-50-80(78-29-25-76(26-30-78)74-21-17-72(18-22-74)70-13-9-68(52-86)10-14-70)49-81(51-82)79-31-27-77(28-32-79)75-23-19-73(20-24-75)71-15-11-69(53-87)12-16-71/h9-32,49-51,64-67,83-85H,33-48,54-63H2,1-8H3/t64-,65-,66-,67-/m0/s1. The zero-order valence-corrected chi connectivity index (χ0v) is 63.2. The van der Waals surface area contributed by atoms with Crippen molar-refractivity contribution < 1.29 is 90.0 Å². The lowest BCUT2D eigenvalue weighted by molar-refractivity contribution is -0.136. The molecule has 0 unspecified atom stereocenters. The van der Waals surface area contributed by atoms with Crippen LogP contribution in [0.25, 0.3) is 66.8 Å². The van der Waals surface area contributed by atoms with Crippen molar-refractivity contribution in [2.45, 2.75) is 70.4 Å². The van der Waals surface area contributed by atoms with Crippen LogP contribution >= 0.6 is 0 Å². The molecule has 7 aromatic rings. The predicted octanol–water partition coefficient (Wildman–Crippen LogP) is 13.3. The largest absolute Gasteiger partial charge is 0.486 e. The highest BCUT2D eigenvalue weighted by atomic mass is 16.6. The number of nitriles is 2. The number of hydrogen-bond donors (Lipinski definition) is 0. The van der Waals surface area contributed by atoms with Gasteiger partial charge in [-0.3, -0.25) is 0 Å². The summed E-state index contributed by atoms with van der Waals surface area (Å²) in [6.45, 7) is 17.1. The normalized spacial score (nSPS) is 12.8. The first-order chi connectivity index (χ1) is 52.0. The second-order valence-corrected chi connectivity index (χ2v) is 25.4. The van der Waals surface area contributed by atoms with E-state index in [9.17, 15) is 10.5 Å². The molecule has 0 amide bonds. The van der Waals surface area contributed by atoms with Crippen LogP contribution in [0.4, 0.5) is 0 Å². The third kappa shape index (κ3) is 33.4. The van der Waals surface area contributed by atoms with Crippen LogP contribution < -0.4 is 4.74 Å². The molecule has 0 aliphatic heterocycles. The van der Waals surface area contributed by atoms with Crippen LogP contribution in [0, 0.1) is 22.7 Å². The zero-order valence-electron chi connectivity index (χ0n) is 63.2. The van der Waals surface area contributed by atoms with Crippen LogP contribution in [0.1, 0.15) is 38.8 Å². The van der Waals surface area contributed by atoms with Crippen LogP contribution in [-0.2, 0) is 85.3 Å². The molecule has 0 radical (unpaired) electrons. The smallest absolute Gasteiger partial charge is 0.145 e. The number of hydrogen-bond acceptors (Lipinski definition) is 21. The Morgan fingerprint density at radius 2 is 0.443 bits per heavy atom. The van der Waals surface area contributed by atoms with E-state index in [0.29, 0.717) is 149 Å². The first-order valence-electron chi connectivity index (χ1n) is 36.5. The molecule has 0 aliphatic carbocycles. The Morgan fingerprint density at radius 1 is 0.236 bits per heavy atom. The molecule has 21 nitrogen and oxygen atoms in total. The molecular formula is C85H110N2O19. The van der Waals surface area contributed by atoms with Gasteiger partial charge in [0, 0.05) is 28.4 Å². The Balaban J connectivity index is 1.20. The number of nitrogens with zero attached hydrogens (tertiary/aromatic N) is 2. The van der Waals surface area contributed by atoms with Crippen molar-refractivity contribution in [1.29, 1.82) is 10.5 Å². The van der Waals surface area contributed by atoms with Gasteiger partial charge in [-0.15, -0.1) is 0 Å². The Kier molecular flexibility index (Phi) is 41.9. The second-order valence-electron chi connectivity index (χ2n) is 25.4. The highest BCUT2D eigenvalue weighted by Gasteiger charge is 2.24. The SMILES string of the molecule is COCCOCCOC[C@H](C)OCC(CO[C@@H](C)COCCOCCOC)OCC(COC(CO[C@@H](C)COCCOCCOC)CO[C@@H](C)COCCOCCOC)Oc1cc(-c2ccc(-c3ccc(-c4ccc(C#N)cc4)cc3)cc2)cc(-c2ccc(-c3ccc(-c4ccc(C#N)cc4)cc3)cc2)c1. The van der Waals surface area contributed by atoms with Crippen LogP contribution in [0.15, 0.2) is 164 Å². The summed E-state index contributed by atoms with van der Waals surface area (Å²) in [6.07, 6.45) is -3.07. The maximum atomic E-state index is 9.39. The summed E-state index contributed by atoms with van der Waals surface area (Å²) in [5.74, 6) is 0.575. The van der Waals surface area contributed by atoms with Crippen molar-refractivity contribution in [2.24, 2.45) is 0 Å². The molecule has 0 heterocycles. The Morgan fingerprint density at radius 3 is 0.679 bits per heavy atom. The summed E-state index contributed by atoms with van der Waals surface area (Å²) in [4.78, 5) is 0. The zero-order chi connectivity index (χ0) is 75.0. The minimum absolute atomic E-state index is 0.0451. The van der Waals surface area contributed by atoms with E-state index >= 15 is 0 Å². The van der Waals surface area contributed by atoms with Crippen LogP contribution in [0.5, 0.6) is 5.75 Å². The van der Waals surface area contributed by atoms with Crippen LogP contribution in [0.2, 0.25) is 0 Å². The number of methoxy groups -OCH3 is 4. The van der Waals surface area contributed by atoms with E-state index in [0.717, 1.165) is 66.8 Å². The van der Waals surface area contributed by atoms with Crippen molar-refractivity contribution in [1.82, 2.24) is 0 Å². The lowest BCUT2D eigenvalue weighted by Gasteiger charge is -2.28. The molecule has 0 aliphatic rings. The molecule has 0 N–H and O–H groups in total. The van der Waals surface area contributed by atoms with E-state index in [1.165, 1.54) is 0 Å². The summed E-state index contributed by atoms with van der Waals surface area (Å²) in [5.41, 5.74) is 13.4. The maximum Gasteiger partial charge on any atom is 0.145 e. The van der Waals surface area contributed by atoms with E-state index in [4.69, 9.17) is 90.0 Å². The van der Waals surface area contributed by atoms with Crippen LogP contribution in [0.3, 0.4) is 0 Å². The Labute approximate surface area is 627 Å². The lowest BCUT2D eigenvalue weighted by Crippen LogP contribution is -2.39. The van der Waals surface area contributed by atoms with Crippen molar-refractivity contribution in [3.05, 3.63) is 175 Å². The predicted molar refractivity (Wildman–Crippen MR) is 408 cm³/mol. The summed E-state index contributed by atoms with van der Waals surface area (Å²) in [7, 11) is 6.56. The van der Waals surface area contributed by atoms with E-state index in [1.807, 2.05) is 76.2 Å². The van der Waals surface area contributed by atoms with Gasteiger partial charge in [0.2, 0.25) is 0 Å². The number of benzene rings is 7. The summed E-state index contributed by atoms with van der Waals surface area (Å²) in [6, 6.07) is 59.9. The topological polar surface area (TPSA) is 223 Å². The van der Waals surface area contributed by atoms with Gasteiger partial charge in [0.25, 0.3) is 0 Å². The molecule has 7 rings (SSSR count). The quantitative estimate of drug-likeness (QED) is 0.0323. The van der Waals surface area contributed by atoms with Crippen molar-refractivity contribution in [3.8, 4) is 84.6 Å². The maximum absolute atomic E-state index is 9.39. The minimum Gasteiger partial charge on any atom is -0.486 e. The third-order valence-corrected chi connectivity index (χ3v) is 16.7. The van der Waals surface area contributed by atoms with E-state index in [1.54, 1.807) is 28.4 Å². The molecule has 0 fully saturated rings. The first-order valence-corrected chi connectivity index (χ1v) is 36.5. The highest BCUT2D eigenvalue weighted by molar-refractivity contribution is 5.79. The Hall–Kier alpha value is -7.40. The number of ether oxygens (including phenoxy) is 19. The highest BCUT2D eigenvalue weighted by Crippen LogP contribution is 2.36. The molecule has 574 valence electrons. The summed E-state index contributed by atoms with van der Waals surface area (Å²) in [5, 5.41) is 18.8. The fraction of sp³-hybridized carbons (Fsp3) is 0.482. The molecule has 21 heteroatoms. The van der Waals surface area contributed by atoms with Gasteiger partial charge >= 0.3 is 0 Å². The van der Waals surface area contributed by atoms with Gasteiger partial charge in [-0.05, 0) is 137 Å². The van der Waals surface area contributed by atoms with Crippen molar-refractivity contribution in [2.75, 3.05) is 200 Å². The molecule has 4 atom stereocenters. The lowest BCUT2D eigenvalue weighted by atomic mass is 9.95. The molecule has 0 spiro atoms. The molecule has 106 heavy (non-hydrogen) atoms. The summed E-state index contributed by atoms with van der Waals surface area (Å²) < 4.78 is 114. The first kappa shape index (κ1) is 85.8. The molecule has 0 aromatic heterocycles. The molecule has 7 aromatic carbocycles. The monoisotopic (exact) mass is 1460 g/mol.